The van der Waals surface area contributed by atoms with Crippen molar-refractivity contribution >= 4 is 11.5 Å². The number of likely N-dealkylation sites (tertiary alicyclic amines) is 1. The predicted molar refractivity (Wildman–Crippen MR) is 83.2 cm³/mol. The summed E-state index contributed by atoms with van der Waals surface area (Å²) in [5.74, 6) is 1.14. The summed E-state index contributed by atoms with van der Waals surface area (Å²) in [6.45, 7) is 11.1. The summed E-state index contributed by atoms with van der Waals surface area (Å²) in [6.07, 6.45) is 3.98. The van der Waals surface area contributed by atoms with Crippen LogP contribution in [0, 0.1) is 6.92 Å². The van der Waals surface area contributed by atoms with Crippen LogP contribution in [0.15, 0.2) is 0 Å². The number of hydrogen-bond acceptors (Lipinski definition) is 4. The standard InChI is InChI=1S/C15H27N5/c1-11(2)20-15(14(16)12(3)17-20)19-9-6-13(10-19)18-7-4-5-8-18/h11,13H,4-10,16H2,1-3H3. The van der Waals surface area contributed by atoms with Crippen LogP contribution in [0.3, 0.4) is 0 Å². The van der Waals surface area contributed by atoms with E-state index in [0.717, 1.165) is 30.3 Å². The van der Waals surface area contributed by atoms with Gasteiger partial charge in [0.05, 0.1) is 11.4 Å². The van der Waals surface area contributed by atoms with Crippen molar-refractivity contribution in [2.75, 3.05) is 36.8 Å². The third kappa shape index (κ3) is 2.28. The van der Waals surface area contributed by atoms with Crippen LogP contribution in [0.4, 0.5) is 11.5 Å². The fourth-order valence-electron chi connectivity index (χ4n) is 3.56. The molecule has 2 aliphatic rings. The molecule has 1 unspecified atom stereocenters. The Morgan fingerprint density at radius 1 is 1.20 bits per heavy atom. The molecule has 0 saturated carbocycles. The van der Waals surface area contributed by atoms with Crippen molar-refractivity contribution in [3.63, 3.8) is 0 Å². The van der Waals surface area contributed by atoms with E-state index in [1.165, 1.54) is 32.4 Å². The Hall–Kier alpha value is -1.23. The van der Waals surface area contributed by atoms with Crippen molar-refractivity contribution in [2.24, 2.45) is 0 Å². The van der Waals surface area contributed by atoms with Gasteiger partial charge in [0, 0.05) is 25.2 Å². The van der Waals surface area contributed by atoms with Gasteiger partial charge in [-0.25, -0.2) is 4.68 Å². The van der Waals surface area contributed by atoms with Gasteiger partial charge < -0.3 is 10.6 Å². The van der Waals surface area contributed by atoms with Gasteiger partial charge in [0.15, 0.2) is 5.82 Å². The van der Waals surface area contributed by atoms with Gasteiger partial charge >= 0.3 is 0 Å². The second-order valence-electron chi connectivity index (χ2n) is 6.49. The topological polar surface area (TPSA) is 50.3 Å². The van der Waals surface area contributed by atoms with E-state index < -0.39 is 0 Å². The van der Waals surface area contributed by atoms with Gasteiger partial charge in [-0.05, 0) is 53.1 Å². The summed E-state index contributed by atoms with van der Waals surface area (Å²) in [5, 5.41) is 4.61. The zero-order valence-corrected chi connectivity index (χ0v) is 13.0. The van der Waals surface area contributed by atoms with Crippen LogP contribution in [0.1, 0.15) is 44.8 Å². The Labute approximate surface area is 121 Å². The van der Waals surface area contributed by atoms with Crippen LogP contribution >= 0.6 is 0 Å². The zero-order chi connectivity index (χ0) is 14.3. The van der Waals surface area contributed by atoms with Gasteiger partial charge in [-0.2, -0.15) is 5.10 Å². The summed E-state index contributed by atoms with van der Waals surface area (Å²) in [7, 11) is 0. The van der Waals surface area contributed by atoms with Crippen LogP contribution in [0.5, 0.6) is 0 Å². The first kappa shape index (κ1) is 13.7. The Morgan fingerprint density at radius 2 is 1.90 bits per heavy atom. The predicted octanol–water partition coefficient (Wildman–Crippen LogP) is 2.03. The summed E-state index contributed by atoms with van der Waals surface area (Å²) >= 11 is 0. The molecule has 0 aliphatic carbocycles. The first-order valence-corrected chi connectivity index (χ1v) is 7.91. The Morgan fingerprint density at radius 3 is 2.55 bits per heavy atom. The monoisotopic (exact) mass is 277 g/mol. The van der Waals surface area contributed by atoms with Gasteiger partial charge in [-0.15, -0.1) is 0 Å². The van der Waals surface area contributed by atoms with Crippen molar-refractivity contribution in [3.8, 4) is 0 Å². The molecule has 0 radical (unpaired) electrons. The van der Waals surface area contributed by atoms with Gasteiger partial charge in [-0.1, -0.05) is 0 Å². The van der Waals surface area contributed by atoms with E-state index in [1.54, 1.807) is 0 Å². The molecule has 1 aromatic heterocycles. The largest absolute Gasteiger partial charge is 0.394 e. The van der Waals surface area contributed by atoms with Gasteiger partial charge in [0.2, 0.25) is 0 Å². The highest BCUT2D eigenvalue weighted by molar-refractivity contribution is 5.67. The third-order valence-corrected chi connectivity index (χ3v) is 4.71. The van der Waals surface area contributed by atoms with Crippen LogP contribution in [-0.4, -0.2) is 46.9 Å². The van der Waals surface area contributed by atoms with Gasteiger partial charge in [-0.3, -0.25) is 4.90 Å². The van der Waals surface area contributed by atoms with Crippen molar-refractivity contribution in [2.45, 2.75) is 52.1 Å². The highest BCUT2D eigenvalue weighted by Crippen LogP contribution is 2.33. The van der Waals surface area contributed by atoms with E-state index in [1.807, 2.05) is 6.92 Å². The summed E-state index contributed by atoms with van der Waals surface area (Å²) in [6, 6.07) is 1.06. The smallest absolute Gasteiger partial charge is 0.150 e. The van der Waals surface area contributed by atoms with E-state index >= 15 is 0 Å². The molecule has 1 atom stereocenters. The fraction of sp³-hybridized carbons (Fsp3) is 0.800. The normalized spacial score (nSPS) is 24.2. The van der Waals surface area contributed by atoms with E-state index in [2.05, 4.69) is 33.4 Å². The van der Waals surface area contributed by atoms with Crippen LogP contribution < -0.4 is 10.6 Å². The molecule has 2 N–H and O–H groups in total. The van der Waals surface area contributed by atoms with Gasteiger partial charge in [0.1, 0.15) is 0 Å². The number of nitrogens with two attached hydrogens (primary N) is 1. The molecular formula is C15H27N5. The first-order chi connectivity index (χ1) is 9.58. The number of aromatic nitrogens is 2. The number of aryl methyl sites for hydroxylation is 1. The SMILES string of the molecule is Cc1nn(C(C)C)c(N2CCC(N3CCCC3)C2)c1N. The lowest BCUT2D eigenvalue weighted by atomic mass is 10.2. The van der Waals surface area contributed by atoms with Crippen LogP contribution in [0.2, 0.25) is 0 Å². The molecule has 0 amide bonds. The molecule has 0 bridgehead atoms. The summed E-state index contributed by atoms with van der Waals surface area (Å²) in [4.78, 5) is 5.09. The van der Waals surface area contributed by atoms with Gasteiger partial charge in [0.25, 0.3) is 0 Å². The van der Waals surface area contributed by atoms with Crippen molar-refractivity contribution in [1.29, 1.82) is 0 Å². The number of nitrogen functional groups attached to an aromatic ring is 1. The Bertz CT molecular complexity index is 473. The molecule has 2 saturated heterocycles. The maximum absolute atomic E-state index is 6.28. The minimum Gasteiger partial charge on any atom is -0.394 e. The average molecular weight is 277 g/mol. The number of nitrogens with zero attached hydrogens (tertiary/aromatic N) is 4. The van der Waals surface area contributed by atoms with E-state index in [9.17, 15) is 0 Å². The lowest BCUT2D eigenvalue weighted by molar-refractivity contribution is 0.260. The first-order valence-electron chi connectivity index (χ1n) is 7.91. The van der Waals surface area contributed by atoms with Crippen molar-refractivity contribution in [3.05, 3.63) is 5.69 Å². The third-order valence-electron chi connectivity index (χ3n) is 4.71. The number of hydrogen-bond donors (Lipinski definition) is 1. The molecular weight excluding hydrogens is 250 g/mol. The maximum Gasteiger partial charge on any atom is 0.150 e. The lowest BCUT2D eigenvalue weighted by Gasteiger charge is -2.25. The van der Waals surface area contributed by atoms with Crippen molar-refractivity contribution < 1.29 is 0 Å². The number of rotatable bonds is 3. The minimum absolute atomic E-state index is 0.354. The molecule has 2 aliphatic heterocycles. The second kappa shape index (κ2) is 5.28. The number of anilines is 2. The van der Waals surface area contributed by atoms with Crippen molar-refractivity contribution in [1.82, 2.24) is 14.7 Å². The zero-order valence-electron chi connectivity index (χ0n) is 13.0. The van der Waals surface area contributed by atoms with Crippen LogP contribution in [-0.2, 0) is 0 Å². The quantitative estimate of drug-likeness (QED) is 0.918. The maximum atomic E-state index is 6.28. The minimum atomic E-state index is 0.354. The highest BCUT2D eigenvalue weighted by atomic mass is 15.4. The molecule has 20 heavy (non-hydrogen) atoms. The molecule has 5 heteroatoms. The fourth-order valence-corrected chi connectivity index (χ4v) is 3.56. The van der Waals surface area contributed by atoms with E-state index in [4.69, 9.17) is 5.73 Å². The molecule has 1 aromatic rings. The molecule has 0 aromatic carbocycles. The lowest BCUT2D eigenvalue weighted by Crippen LogP contribution is -2.36. The van der Waals surface area contributed by atoms with Crippen LogP contribution in [0.25, 0.3) is 0 Å². The highest BCUT2D eigenvalue weighted by Gasteiger charge is 2.32. The molecule has 3 rings (SSSR count). The molecule has 112 valence electrons. The Balaban J connectivity index is 1.80. The molecule has 3 heterocycles. The van der Waals surface area contributed by atoms with E-state index in [-0.39, 0.29) is 0 Å². The van der Waals surface area contributed by atoms with E-state index in [0.29, 0.717) is 12.1 Å². The Kier molecular flexibility index (Phi) is 3.63. The molecule has 5 nitrogen and oxygen atoms in total. The molecule has 2 fully saturated rings. The average Bonchev–Trinajstić information content (AvgIpc) is 3.10. The molecule has 0 spiro atoms. The summed E-state index contributed by atoms with van der Waals surface area (Å²) < 4.78 is 2.09. The summed E-state index contributed by atoms with van der Waals surface area (Å²) in [5.41, 5.74) is 8.10. The second-order valence-corrected chi connectivity index (χ2v) is 6.49.